The van der Waals surface area contributed by atoms with Gasteiger partial charge in [0.1, 0.15) is 5.75 Å². The molecule has 1 saturated heterocycles. The highest BCUT2D eigenvalue weighted by Crippen LogP contribution is 2.25. The van der Waals surface area contributed by atoms with Crippen LogP contribution in [-0.2, 0) is 9.59 Å². The van der Waals surface area contributed by atoms with Crippen LogP contribution in [0.15, 0.2) is 54.6 Å². The zero-order chi connectivity index (χ0) is 20.6. The Morgan fingerprint density at radius 3 is 2.48 bits per heavy atom. The van der Waals surface area contributed by atoms with Gasteiger partial charge >= 0.3 is 11.8 Å². The Labute approximate surface area is 171 Å². The second-order valence-corrected chi connectivity index (χ2v) is 7.06. The van der Waals surface area contributed by atoms with E-state index in [1.165, 1.54) is 12.7 Å². The molecule has 1 N–H and O–H groups in total. The fourth-order valence-corrected chi connectivity index (χ4v) is 3.27. The van der Waals surface area contributed by atoms with Gasteiger partial charge in [-0.3, -0.25) is 14.5 Å². The topological polar surface area (TPSA) is 61.9 Å². The summed E-state index contributed by atoms with van der Waals surface area (Å²) < 4.78 is 5.26. The van der Waals surface area contributed by atoms with Crippen molar-refractivity contribution in [1.82, 2.24) is 9.80 Å². The summed E-state index contributed by atoms with van der Waals surface area (Å²) in [5.74, 6) is -0.605. The first-order valence-electron chi connectivity index (χ1n) is 9.75. The average Bonchev–Trinajstić information content (AvgIpc) is 2.74. The molecule has 0 atom stereocenters. The van der Waals surface area contributed by atoms with Gasteiger partial charge in [0.15, 0.2) is 0 Å². The summed E-state index contributed by atoms with van der Waals surface area (Å²) in [5, 5.41) is 2.68. The Balaban J connectivity index is 1.49. The van der Waals surface area contributed by atoms with E-state index in [9.17, 15) is 9.59 Å². The minimum absolute atomic E-state index is 0.506. The Bertz CT molecular complexity index is 872. The minimum Gasteiger partial charge on any atom is -0.495 e. The van der Waals surface area contributed by atoms with Crippen LogP contribution in [0.5, 0.6) is 5.75 Å². The molecule has 0 saturated carbocycles. The first-order valence-corrected chi connectivity index (χ1v) is 9.75. The molecule has 2 amide bonds. The molecule has 29 heavy (non-hydrogen) atoms. The van der Waals surface area contributed by atoms with Crippen molar-refractivity contribution in [2.24, 2.45) is 0 Å². The molecule has 1 heterocycles. The number of carbonyl (C=O) groups excluding carboxylic acids is 2. The van der Waals surface area contributed by atoms with Crippen molar-refractivity contribution < 1.29 is 14.3 Å². The molecule has 0 spiro atoms. The number of aryl methyl sites for hydroxylation is 1. The van der Waals surface area contributed by atoms with Gasteiger partial charge in [-0.2, -0.15) is 0 Å². The maximum Gasteiger partial charge on any atom is 0.314 e. The van der Waals surface area contributed by atoms with Crippen LogP contribution >= 0.6 is 0 Å². The van der Waals surface area contributed by atoms with E-state index >= 15 is 0 Å². The van der Waals surface area contributed by atoms with Crippen LogP contribution in [0.1, 0.15) is 11.1 Å². The molecule has 0 aliphatic carbocycles. The van der Waals surface area contributed by atoms with E-state index < -0.39 is 11.8 Å². The average molecular weight is 393 g/mol. The molecule has 1 fully saturated rings. The number of rotatable bonds is 5. The zero-order valence-corrected chi connectivity index (χ0v) is 16.9. The number of nitrogens with zero attached hydrogens (tertiary/aromatic N) is 2. The maximum absolute atomic E-state index is 12.5. The molecule has 0 bridgehead atoms. The van der Waals surface area contributed by atoms with E-state index in [0.717, 1.165) is 25.2 Å². The highest BCUT2D eigenvalue weighted by molar-refractivity contribution is 6.39. The molecule has 2 aromatic carbocycles. The standard InChI is InChI=1S/C23H27N3O3/c1-18-10-11-21(29-2)20(17-18)24-22(27)23(28)26-15-13-25(14-16-26)12-6-9-19-7-4-3-5-8-19/h3-11,17H,12-16H2,1-2H3,(H,24,27)/b9-6+. The van der Waals surface area contributed by atoms with Gasteiger partial charge in [0, 0.05) is 32.7 Å². The van der Waals surface area contributed by atoms with Crippen molar-refractivity contribution in [3.05, 3.63) is 65.7 Å². The van der Waals surface area contributed by atoms with Crippen molar-refractivity contribution in [2.45, 2.75) is 6.92 Å². The van der Waals surface area contributed by atoms with E-state index in [4.69, 9.17) is 4.74 Å². The summed E-state index contributed by atoms with van der Waals surface area (Å²) in [6, 6.07) is 15.6. The van der Waals surface area contributed by atoms with Crippen LogP contribution in [0.25, 0.3) is 6.08 Å². The predicted molar refractivity (Wildman–Crippen MR) is 115 cm³/mol. The quantitative estimate of drug-likeness (QED) is 0.794. The molecular weight excluding hydrogens is 366 g/mol. The van der Waals surface area contributed by atoms with Gasteiger partial charge in [0.25, 0.3) is 0 Å². The summed E-state index contributed by atoms with van der Waals surface area (Å²) in [5.41, 5.74) is 2.66. The van der Waals surface area contributed by atoms with E-state index in [-0.39, 0.29) is 0 Å². The third kappa shape index (κ3) is 5.68. The molecular formula is C23H27N3O3. The van der Waals surface area contributed by atoms with Crippen LogP contribution in [0.3, 0.4) is 0 Å². The molecule has 6 nitrogen and oxygen atoms in total. The largest absolute Gasteiger partial charge is 0.495 e. The number of nitrogens with one attached hydrogen (secondary N) is 1. The number of hydrogen-bond donors (Lipinski definition) is 1. The summed E-state index contributed by atoms with van der Waals surface area (Å²) in [6.45, 7) is 5.30. The van der Waals surface area contributed by atoms with Crippen molar-refractivity contribution in [1.29, 1.82) is 0 Å². The molecule has 152 valence electrons. The third-order valence-electron chi connectivity index (χ3n) is 4.93. The van der Waals surface area contributed by atoms with E-state index in [1.54, 1.807) is 17.0 Å². The minimum atomic E-state index is -0.633. The van der Waals surface area contributed by atoms with Gasteiger partial charge in [-0.25, -0.2) is 0 Å². The monoisotopic (exact) mass is 393 g/mol. The molecule has 0 radical (unpaired) electrons. The molecule has 0 aromatic heterocycles. The van der Waals surface area contributed by atoms with Crippen molar-refractivity contribution in [2.75, 3.05) is 45.2 Å². The molecule has 1 aliphatic rings. The first kappa shape index (κ1) is 20.6. The number of benzene rings is 2. The van der Waals surface area contributed by atoms with Crippen molar-refractivity contribution in [3.63, 3.8) is 0 Å². The van der Waals surface area contributed by atoms with Crippen LogP contribution in [-0.4, -0.2) is 61.4 Å². The maximum atomic E-state index is 12.5. The number of methoxy groups -OCH3 is 1. The van der Waals surface area contributed by atoms with E-state index in [1.807, 2.05) is 31.2 Å². The Morgan fingerprint density at radius 1 is 1.07 bits per heavy atom. The second-order valence-electron chi connectivity index (χ2n) is 7.06. The second kappa shape index (κ2) is 9.89. The lowest BCUT2D eigenvalue weighted by atomic mass is 10.2. The Morgan fingerprint density at radius 2 is 1.79 bits per heavy atom. The molecule has 3 rings (SSSR count). The predicted octanol–water partition coefficient (Wildman–Crippen LogP) is 2.80. The summed E-state index contributed by atoms with van der Waals surface area (Å²) in [7, 11) is 1.54. The summed E-state index contributed by atoms with van der Waals surface area (Å²) >= 11 is 0. The fraction of sp³-hybridized carbons (Fsp3) is 0.304. The Hall–Kier alpha value is -3.12. The van der Waals surface area contributed by atoms with Gasteiger partial charge in [-0.05, 0) is 30.2 Å². The zero-order valence-electron chi connectivity index (χ0n) is 16.9. The number of ether oxygens (including phenoxy) is 1. The SMILES string of the molecule is COc1ccc(C)cc1NC(=O)C(=O)N1CCN(C/C=C/c2ccccc2)CC1. The van der Waals surface area contributed by atoms with Crippen molar-refractivity contribution >= 4 is 23.6 Å². The lowest BCUT2D eigenvalue weighted by molar-refractivity contribution is -0.144. The molecule has 1 aliphatic heterocycles. The highest BCUT2D eigenvalue weighted by atomic mass is 16.5. The molecule has 0 unspecified atom stereocenters. The number of anilines is 1. The van der Waals surface area contributed by atoms with Gasteiger partial charge < -0.3 is 15.0 Å². The normalized spacial score (nSPS) is 14.8. The lowest BCUT2D eigenvalue weighted by Gasteiger charge is -2.33. The molecule has 6 heteroatoms. The number of hydrogen-bond acceptors (Lipinski definition) is 4. The van der Waals surface area contributed by atoms with Crippen LogP contribution in [0, 0.1) is 6.92 Å². The van der Waals surface area contributed by atoms with Crippen LogP contribution in [0.4, 0.5) is 5.69 Å². The van der Waals surface area contributed by atoms with Gasteiger partial charge in [0.05, 0.1) is 12.8 Å². The van der Waals surface area contributed by atoms with Gasteiger partial charge in [-0.15, -0.1) is 0 Å². The lowest BCUT2D eigenvalue weighted by Crippen LogP contribution is -2.51. The van der Waals surface area contributed by atoms with E-state index in [0.29, 0.717) is 24.5 Å². The number of amides is 2. The number of piperazine rings is 1. The Kier molecular flexibility index (Phi) is 7.03. The summed E-state index contributed by atoms with van der Waals surface area (Å²) in [4.78, 5) is 28.8. The smallest absolute Gasteiger partial charge is 0.314 e. The van der Waals surface area contributed by atoms with Crippen molar-refractivity contribution in [3.8, 4) is 5.75 Å². The van der Waals surface area contributed by atoms with Gasteiger partial charge in [-0.1, -0.05) is 48.6 Å². The first-order chi connectivity index (χ1) is 14.1. The van der Waals surface area contributed by atoms with Gasteiger partial charge in [0.2, 0.25) is 0 Å². The van der Waals surface area contributed by atoms with Crippen LogP contribution < -0.4 is 10.1 Å². The number of carbonyl (C=O) groups is 2. The fourth-order valence-electron chi connectivity index (χ4n) is 3.27. The van der Waals surface area contributed by atoms with Crippen LogP contribution in [0.2, 0.25) is 0 Å². The summed E-state index contributed by atoms with van der Waals surface area (Å²) in [6.07, 6.45) is 4.23. The van der Waals surface area contributed by atoms with E-state index in [2.05, 4.69) is 34.5 Å². The third-order valence-corrected chi connectivity index (χ3v) is 4.93. The molecule has 2 aromatic rings. The highest BCUT2D eigenvalue weighted by Gasteiger charge is 2.26.